The highest BCUT2D eigenvalue weighted by Gasteiger charge is 2.35. The smallest absolute Gasteiger partial charge is 0.311 e. The highest BCUT2D eigenvalue weighted by atomic mass is 16.5. The van der Waals surface area contributed by atoms with Crippen LogP contribution < -0.4 is 5.32 Å². The number of benzene rings is 1. The number of nitrogens with one attached hydrogen (secondary N) is 2. The van der Waals surface area contributed by atoms with Crippen LogP contribution >= 0.6 is 0 Å². The van der Waals surface area contributed by atoms with Crippen LogP contribution in [0.3, 0.4) is 0 Å². The van der Waals surface area contributed by atoms with E-state index < -0.39 is 17.9 Å². The van der Waals surface area contributed by atoms with E-state index in [9.17, 15) is 9.59 Å². The Morgan fingerprint density at radius 3 is 2.95 bits per heavy atom. The number of H-pyrrole nitrogens is 1. The van der Waals surface area contributed by atoms with Crippen LogP contribution in [0, 0.1) is 5.92 Å². The number of ether oxygens (including phenoxy) is 1. The fourth-order valence-corrected chi connectivity index (χ4v) is 2.39. The van der Waals surface area contributed by atoms with E-state index >= 15 is 0 Å². The molecular formula is C14H14N2O4. The average molecular weight is 274 g/mol. The number of hydrogen-bond acceptors (Lipinski definition) is 3. The van der Waals surface area contributed by atoms with E-state index in [0.29, 0.717) is 5.56 Å². The number of carbonyl (C=O) groups excluding carboxylic acids is 1. The van der Waals surface area contributed by atoms with E-state index in [4.69, 9.17) is 9.84 Å². The third kappa shape index (κ3) is 2.25. The largest absolute Gasteiger partial charge is 0.481 e. The lowest BCUT2D eigenvalue weighted by atomic mass is 10.0. The first-order valence-corrected chi connectivity index (χ1v) is 6.34. The first-order chi connectivity index (χ1) is 9.65. The highest BCUT2D eigenvalue weighted by molar-refractivity contribution is 5.98. The van der Waals surface area contributed by atoms with Crippen molar-refractivity contribution in [1.29, 1.82) is 0 Å². The van der Waals surface area contributed by atoms with Crippen LogP contribution in [0.15, 0.2) is 30.5 Å². The van der Waals surface area contributed by atoms with E-state index in [2.05, 4.69) is 10.3 Å². The third-order valence-corrected chi connectivity index (χ3v) is 3.53. The van der Waals surface area contributed by atoms with Crippen molar-refractivity contribution >= 4 is 22.8 Å². The number of rotatable bonds is 3. The molecule has 20 heavy (non-hydrogen) atoms. The molecule has 2 atom stereocenters. The second-order valence-electron chi connectivity index (χ2n) is 4.84. The quantitative estimate of drug-likeness (QED) is 0.778. The summed E-state index contributed by atoms with van der Waals surface area (Å²) in [6.07, 6.45) is 1.80. The van der Waals surface area contributed by atoms with Crippen LogP contribution in [0.4, 0.5) is 0 Å². The Labute approximate surface area is 114 Å². The predicted molar refractivity (Wildman–Crippen MR) is 71.5 cm³/mol. The predicted octanol–water partition coefficient (Wildman–Crippen LogP) is 0.997. The summed E-state index contributed by atoms with van der Waals surface area (Å²) in [5.74, 6) is -1.92. The molecule has 1 aromatic heterocycles. The average Bonchev–Trinajstić information content (AvgIpc) is 3.05. The zero-order valence-electron chi connectivity index (χ0n) is 10.6. The van der Waals surface area contributed by atoms with Gasteiger partial charge in [0, 0.05) is 22.7 Å². The number of aromatic nitrogens is 1. The van der Waals surface area contributed by atoms with E-state index in [0.717, 1.165) is 10.9 Å². The fraction of sp³-hybridized carbons (Fsp3) is 0.286. The first kappa shape index (κ1) is 12.7. The van der Waals surface area contributed by atoms with Crippen molar-refractivity contribution in [2.45, 2.75) is 6.04 Å². The molecule has 1 aliphatic rings. The van der Waals surface area contributed by atoms with Gasteiger partial charge in [-0.15, -0.1) is 0 Å². The molecule has 1 aromatic carbocycles. The van der Waals surface area contributed by atoms with E-state index in [-0.39, 0.29) is 19.1 Å². The lowest BCUT2D eigenvalue weighted by molar-refractivity contribution is -0.142. The summed E-state index contributed by atoms with van der Waals surface area (Å²) in [6.45, 7) is 0.367. The van der Waals surface area contributed by atoms with Gasteiger partial charge in [-0.05, 0) is 24.3 Å². The topological polar surface area (TPSA) is 91.4 Å². The minimum absolute atomic E-state index is 0.136. The zero-order valence-corrected chi connectivity index (χ0v) is 10.6. The number of aliphatic carboxylic acids is 1. The molecule has 0 aliphatic carbocycles. The van der Waals surface area contributed by atoms with Gasteiger partial charge in [0.15, 0.2) is 0 Å². The molecule has 1 saturated heterocycles. The number of aromatic amines is 1. The van der Waals surface area contributed by atoms with Crippen LogP contribution in [0.5, 0.6) is 0 Å². The highest BCUT2D eigenvalue weighted by Crippen LogP contribution is 2.17. The zero-order chi connectivity index (χ0) is 14.1. The van der Waals surface area contributed by atoms with Gasteiger partial charge in [-0.1, -0.05) is 0 Å². The van der Waals surface area contributed by atoms with Crippen molar-refractivity contribution in [3.8, 4) is 0 Å². The normalized spacial score (nSPS) is 22.0. The first-order valence-electron chi connectivity index (χ1n) is 6.34. The lowest BCUT2D eigenvalue weighted by Gasteiger charge is -2.15. The van der Waals surface area contributed by atoms with Gasteiger partial charge in [-0.3, -0.25) is 9.59 Å². The molecule has 0 spiro atoms. The van der Waals surface area contributed by atoms with Crippen LogP contribution in [0.2, 0.25) is 0 Å². The Morgan fingerprint density at radius 2 is 2.15 bits per heavy atom. The summed E-state index contributed by atoms with van der Waals surface area (Å²) in [5, 5.41) is 12.7. The van der Waals surface area contributed by atoms with Crippen molar-refractivity contribution in [3.63, 3.8) is 0 Å². The van der Waals surface area contributed by atoms with Crippen molar-refractivity contribution in [2.75, 3.05) is 13.2 Å². The maximum atomic E-state index is 12.2. The molecule has 6 heteroatoms. The number of hydrogen-bond donors (Lipinski definition) is 3. The summed E-state index contributed by atoms with van der Waals surface area (Å²) >= 11 is 0. The molecule has 1 fully saturated rings. The fourth-order valence-electron chi connectivity index (χ4n) is 2.39. The molecule has 2 heterocycles. The minimum atomic E-state index is -0.950. The maximum absolute atomic E-state index is 12.2. The number of carbonyl (C=O) groups is 2. The van der Waals surface area contributed by atoms with Crippen LogP contribution in [0.25, 0.3) is 10.9 Å². The summed E-state index contributed by atoms with van der Waals surface area (Å²) < 4.78 is 5.13. The van der Waals surface area contributed by atoms with Gasteiger partial charge in [-0.25, -0.2) is 0 Å². The minimum Gasteiger partial charge on any atom is -0.481 e. The van der Waals surface area contributed by atoms with Gasteiger partial charge in [0.1, 0.15) is 5.92 Å². The van der Waals surface area contributed by atoms with Gasteiger partial charge in [0.25, 0.3) is 5.91 Å². The van der Waals surface area contributed by atoms with Gasteiger partial charge >= 0.3 is 5.97 Å². The maximum Gasteiger partial charge on any atom is 0.311 e. The number of fused-ring (bicyclic) bond motifs is 1. The second-order valence-corrected chi connectivity index (χ2v) is 4.84. The van der Waals surface area contributed by atoms with Crippen molar-refractivity contribution in [3.05, 3.63) is 36.0 Å². The molecule has 0 saturated carbocycles. The molecule has 2 aromatic rings. The van der Waals surface area contributed by atoms with Gasteiger partial charge < -0.3 is 20.1 Å². The molecule has 3 rings (SSSR count). The molecule has 2 unspecified atom stereocenters. The van der Waals surface area contributed by atoms with E-state index in [1.165, 1.54) is 0 Å². The summed E-state index contributed by atoms with van der Waals surface area (Å²) in [5.41, 5.74) is 1.46. The number of amides is 1. The molecule has 0 bridgehead atoms. The SMILES string of the molecule is O=C(NC1COCC1C(=O)O)c1ccc2[nH]ccc2c1. The van der Waals surface area contributed by atoms with E-state index in [1.807, 2.05) is 12.1 Å². The Bertz CT molecular complexity index is 664. The third-order valence-electron chi connectivity index (χ3n) is 3.53. The van der Waals surface area contributed by atoms with Crippen molar-refractivity contribution < 1.29 is 19.4 Å². The molecule has 104 valence electrons. The van der Waals surface area contributed by atoms with Gasteiger partial charge in [0.2, 0.25) is 0 Å². The monoisotopic (exact) mass is 274 g/mol. The molecule has 1 amide bonds. The van der Waals surface area contributed by atoms with Crippen molar-refractivity contribution in [2.24, 2.45) is 5.92 Å². The van der Waals surface area contributed by atoms with Gasteiger partial charge in [-0.2, -0.15) is 0 Å². The molecular weight excluding hydrogens is 260 g/mol. The molecule has 1 aliphatic heterocycles. The summed E-state index contributed by atoms with van der Waals surface area (Å²) in [7, 11) is 0. The molecule has 6 nitrogen and oxygen atoms in total. The Balaban J connectivity index is 1.77. The Morgan fingerprint density at radius 1 is 1.30 bits per heavy atom. The van der Waals surface area contributed by atoms with Gasteiger partial charge in [0.05, 0.1) is 19.3 Å². The van der Waals surface area contributed by atoms with Crippen LogP contribution in [-0.4, -0.2) is 41.2 Å². The second kappa shape index (κ2) is 4.97. The standard InChI is InChI=1S/C14H14N2O4/c17-13(16-12-7-20-6-10(12)14(18)19)9-1-2-11-8(5-9)3-4-15-11/h1-5,10,12,15H,6-7H2,(H,16,17)(H,18,19). The molecule has 3 N–H and O–H groups in total. The summed E-state index contributed by atoms with van der Waals surface area (Å²) in [4.78, 5) is 26.3. The van der Waals surface area contributed by atoms with E-state index in [1.54, 1.807) is 18.3 Å². The number of carboxylic acid groups (broad SMARTS) is 1. The summed E-state index contributed by atoms with van der Waals surface area (Å²) in [6, 6.07) is 6.70. The lowest BCUT2D eigenvalue weighted by Crippen LogP contribution is -2.42. The van der Waals surface area contributed by atoms with Crippen LogP contribution in [0.1, 0.15) is 10.4 Å². The molecule has 0 radical (unpaired) electrons. The number of carboxylic acids is 1. The Hall–Kier alpha value is -2.34. The van der Waals surface area contributed by atoms with Crippen LogP contribution in [-0.2, 0) is 9.53 Å². The Kier molecular flexibility index (Phi) is 3.15. The van der Waals surface area contributed by atoms with Crippen molar-refractivity contribution in [1.82, 2.24) is 10.3 Å².